The molecule has 4 nitrogen and oxygen atoms in total. The number of benzene rings is 1. The Morgan fingerprint density at radius 3 is 2.60 bits per heavy atom. The number of nitrogens with zero attached hydrogens (tertiary/aromatic N) is 1. The molecule has 2 N–H and O–H groups in total. The first-order valence-electron chi connectivity index (χ1n) is 6.66. The Bertz CT molecular complexity index is 437. The molecule has 0 spiro atoms. The lowest BCUT2D eigenvalue weighted by Crippen LogP contribution is -2.51. The molecule has 0 radical (unpaired) electrons. The largest absolute Gasteiger partial charge is 0.496 e. The van der Waals surface area contributed by atoms with Gasteiger partial charge in [-0.05, 0) is 6.07 Å². The van der Waals surface area contributed by atoms with Crippen LogP contribution in [0.3, 0.4) is 0 Å². The van der Waals surface area contributed by atoms with Crippen molar-refractivity contribution in [3.05, 3.63) is 29.8 Å². The van der Waals surface area contributed by atoms with E-state index < -0.39 is 18.6 Å². The fourth-order valence-corrected chi connectivity index (χ4v) is 2.61. The number of rotatable bonds is 5. The highest BCUT2D eigenvalue weighted by Gasteiger charge is 2.45. The number of ether oxygens (including phenoxy) is 1. The maximum atomic E-state index is 14.2. The zero-order chi connectivity index (χ0) is 14.6. The molecule has 20 heavy (non-hydrogen) atoms. The Hall–Kier alpha value is -1.24. The zero-order valence-electron chi connectivity index (χ0n) is 11.5. The van der Waals surface area contributed by atoms with Crippen LogP contribution in [0.2, 0.25) is 0 Å². The van der Waals surface area contributed by atoms with E-state index in [2.05, 4.69) is 5.32 Å². The van der Waals surface area contributed by atoms with Crippen molar-refractivity contribution in [3.63, 3.8) is 0 Å². The van der Waals surface area contributed by atoms with Gasteiger partial charge in [-0.3, -0.25) is 4.90 Å². The van der Waals surface area contributed by atoms with Gasteiger partial charge in [-0.2, -0.15) is 0 Å². The highest BCUT2D eigenvalue weighted by atomic mass is 19.3. The maximum absolute atomic E-state index is 14.2. The molecule has 0 aliphatic carbocycles. The summed E-state index contributed by atoms with van der Waals surface area (Å²) in [5.74, 6) is -2.80. The van der Waals surface area contributed by atoms with Crippen molar-refractivity contribution in [1.82, 2.24) is 10.2 Å². The molecule has 2 rings (SSSR count). The van der Waals surface area contributed by atoms with Crippen LogP contribution in [0.1, 0.15) is 11.6 Å². The van der Waals surface area contributed by atoms with Crippen LogP contribution >= 0.6 is 0 Å². The van der Waals surface area contributed by atoms with Crippen molar-refractivity contribution in [3.8, 4) is 5.75 Å². The Labute approximate surface area is 117 Å². The quantitative estimate of drug-likeness (QED) is 0.855. The summed E-state index contributed by atoms with van der Waals surface area (Å²) in [4.78, 5) is 1.70. The van der Waals surface area contributed by atoms with Crippen LogP contribution in [0.4, 0.5) is 8.78 Å². The first-order valence-corrected chi connectivity index (χ1v) is 6.66. The van der Waals surface area contributed by atoms with Gasteiger partial charge in [-0.15, -0.1) is 0 Å². The van der Waals surface area contributed by atoms with E-state index in [1.165, 1.54) is 7.11 Å². The van der Waals surface area contributed by atoms with E-state index in [9.17, 15) is 8.78 Å². The van der Waals surface area contributed by atoms with Crippen LogP contribution in [-0.2, 0) is 0 Å². The third kappa shape index (κ3) is 3.08. The summed E-state index contributed by atoms with van der Waals surface area (Å²) >= 11 is 0. The molecule has 1 atom stereocenters. The van der Waals surface area contributed by atoms with Crippen LogP contribution in [-0.4, -0.2) is 55.8 Å². The Morgan fingerprint density at radius 1 is 1.35 bits per heavy atom. The van der Waals surface area contributed by atoms with Gasteiger partial charge in [-0.25, -0.2) is 8.78 Å². The summed E-state index contributed by atoms with van der Waals surface area (Å²) in [6.07, 6.45) is 0. The summed E-state index contributed by atoms with van der Waals surface area (Å²) in [6.45, 7) is 1.16. The van der Waals surface area contributed by atoms with E-state index in [4.69, 9.17) is 9.84 Å². The van der Waals surface area contributed by atoms with E-state index in [1.54, 1.807) is 29.2 Å². The van der Waals surface area contributed by atoms with Gasteiger partial charge in [0.2, 0.25) is 0 Å². The number of nitrogens with one attached hydrogen (secondary N) is 1. The second-order valence-electron chi connectivity index (χ2n) is 4.85. The predicted molar refractivity (Wildman–Crippen MR) is 72.2 cm³/mol. The molecule has 1 aromatic rings. The molecule has 6 heteroatoms. The predicted octanol–water partition coefficient (Wildman–Crippen LogP) is 1.27. The summed E-state index contributed by atoms with van der Waals surface area (Å²) < 4.78 is 33.7. The molecule has 0 aromatic heterocycles. The summed E-state index contributed by atoms with van der Waals surface area (Å²) in [5.41, 5.74) is 0.413. The van der Waals surface area contributed by atoms with Gasteiger partial charge in [0.05, 0.1) is 7.11 Å². The lowest BCUT2D eigenvalue weighted by atomic mass is 9.97. The van der Waals surface area contributed by atoms with E-state index in [0.717, 1.165) is 0 Å². The molecule has 0 bridgehead atoms. The topological polar surface area (TPSA) is 44.7 Å². The van der Waals surface area contributed by atoms with Gasteiger partial charge < -0.3 is 15.2 Å². The molecule has 1 aromatic carbocycles. The number of methoxy groups -OCH3 is 1. The van der Waals surface area contributed by atoms with Crippen LogP contribution < -0.4 is 10.1 Å². The van der Waals surface area contributed by atoms with Crippen LogP contribution in [0.15, 0.2) is 24.3 Å². The van der Waals surface area contributed by atoms with Crippen molar-refractivity contribution in [2.24, 2.45) is 0 Å². The number of aliphatic hydroxyl groups is 1. The van der Waals surface area contributed by atoms with E-state index in [0.29, 0.717) is 37.5 Å². The minimum absolute atomic E-state index is 0.413. The third-order valence-corrected chi connectivity index (χ3v) is 3.56. The molecule has 0 saturated carbocycles. The number of aliphatic hydroxyl groups excluding tert-OH is 1. The second-order valence-corrected chi connectivity index (χ2v) is 4.85. The first-order chi connectivity index (χ1) is 9.60. The Morgan fingerprint density at radius 2 is 2.00 bits per heavy atom. The maximum Gasteiger partial charge on any atom is 0.290 e. The van der Waals surface area contributed by atoms with Gasteiger partial charge in [0.1, 0.15) is 18.4 Å². The number of alkyl halides is 2. The molecule has 1 aliphatic heterocycles. The van der Waals surface area contributed by atoms with Crippen LogP contribution in [0.25, 0.3) is 0 Å². The average molecular weight is 286 g/mol. The molecule has 1 fully saturated rings. The molecule has 0 unspecified atom stereocenters. The van der Waals surface area contributed by atoms with Crippen molar-refractivity contribution in [1.29, 1.82) is 0 Å². The van der Waals surface area contributed by atoms with Gasteiger partial charge in [0, 0.05) is 31.7 Å². The zero-order valence-corrected chi connectivity index (χ0v) is 11.5. The molecular weight excluding hydrogens is 266 g/mol. The van der Waals surface area contributed by atoms with Gasteiger partial charge in [0.25, 0.3) is 5.92 Å². The van der Waals surface area contributed by atoms with Crippen LogP contribution in [0.5, 0.6) is 5.75 Å². The standard InChI is InChI=1S/C14H20F2N2O2/c1-20-12-5-3-2-4-11(12)13(14(15,16)10-19)18-8-6-17-7-9-18/h2-5,13,17,19H,6-10H2,1H3/t13-/m0/s1. The normalized spacial score (nSPS) is 18.8. The lowest BCUT2D eigenvalue weighted by Gasteiger charge is -2.39. The number of para-hydroxylation sites is 1. The second kappa shape index (κ2) is 6.47. The average Bonchev–Trinajstić information content (AvgIpc) is 2.49. The Kier molecular flexibility index (Phi) is 4.91. The van der Waals surface area contributed by atoms with Crippen molar-refractivity contribution in [2.75, 3.05) is 39.9 Å². The highest BCUT2D eigenvalue weighted by Crippen LogP contribution is 2.40. The third-order valence-electron chi connectivity index (χ3n) is 3.56. The van der Waals surface area contributed by atoms with Crippen LogP contribution in [0, 0.1) is 0 Å². The summed E-state index contributed by atoms with van der Waals surface area (Å²) in [5, 5.41) is 12.2. The van der Waals surface area contributed by atoms with Gasteiger partial charge >= 0.3 is 0 Å². The van der Waals surface area contributed by atoms with E-state index in [1.807, 2.05) is 0 Å². The fourth-order valence-electron chi connectivity index (χ4n) is 2.61. The van der Waals surface area contributed by atoms with E-state index >= 15 is 0 Å². The highest BCUT2D eigenvalue weighted by molar-refractivity contribution is 5.37. The lowest BCUT2D eigenvalue weighted by molar-refractivity contribution is -0.119. The molecule has 0 amide bonds. The number of halogens is 2. The fraction of sp³-hybridized carbons (Fsp3) is 0.571. The van der Waals surface area contributed by atoms with E-state index in [-0.39, 0.29) is 0 Å². The molecule has 1 heterocycles. The SMILES string of the molecule is COc1ccccc1[C@H](N1CCNCC1)C(F)(F)CO. The number of piperazine rings is 1. The molecular formula is C14H20F2N2O2. The molecule has 1 saturated heterocycles. The number of hydrogen-bond acceptors (Lipinski definition) is 4. The summed E-state index contributed by atoms with van der Waals surface area (Å²) in [6, 6.07) is 5.58. The van der Waals surface area contributed by atoms with Gasteiger partial charge in [-0.1, -0.05) is 18.2 Å². The number of hydrogen-bond donors (Lipinski definition) is 2. The Balaban J connectivity index is 2.39. The van der Waals surface area contributed by atoms with Gasteiger partial charge in [0.15, 0.2) is 0 Å². The van der Waals surface area contributed by atoms with Crippen molar-refractivity contribution < 1.29 is 18.6 Å². The van der Waals surface area contributed by atoms with Crippen molar-refractivity contribution >= 4 is 0 Å². The minimum Gasteiger partial charge on any atom is -0.496 e. The van der Waals surface area contributed by atoms with Crippen molar-refractivity contribution in [2.45, 2.75) is 12.0 Å². The molecule has 1 aliphatic rings. The molecule has 112 valence electrons. The summed E-state index contributed by atoms with van der Waals surface area (Å²) in [7, 11) is 1.46. The monoisotopic (exact) mass is 286 g/mol. The smallest absolute Gasteiger partial charge is 0.290 e. The first kappa shape index (κ1) is 15.2. The minimum atomic E-state index is -3.22.